The van der Waals surface area contributed by atoms with Gasteiger partial charge in [-0.25, -0.2) is 0 Å². The van der Waals surface area contributed by atoms with Crippen LogP contribution in [-0.4, -0.2) is 22.8 Å². The first-order valence-electron chi connectivity index (χ1n) is 3.98. The molecule has 5 nitrogen and oxygen atoms in total. The van der Waals surface area contributed by atoms with Gasteiger partial charge in [0.1, 0.15) is 5.76 Å². The monoisotopic (exact) mass is 184 g/mol. The Bertz CT molecular complexity index is 295. The number of nitrogens with two attached hydrogens (primary N) is 1. The van der Waals surface area contributed by atoms with E-state index in [9.17, 15) is 4.79 Å². The third-order valence-corrected chi connectivity index (χ3v) is 1.77. The topological polar surface area (TPSA) is 89.4 Å². The molecule has 0 bridgehead atoms. The molecule has 0 aliphatic heterocycles. The number of aliphatic carboxylic acids is 1. The van der Waals surface area contributed by atoms with E-state index in [4.69, 9.17) is 15.4 Å². The van der Waals surface area contributed by atoms with Crippen LogP contribution in [0.15, 0.2) is 10.6 Å². The summed E-state index contributed by atoms with van der Waals surface area (Å²) < 4.78 is 4.83. The van der Waals surface area contributed by atoms with E-state index in [0.29, 0.717) is 11.5 Å². The summed E-state index contributed by atoms with van der Waals surface area (Å²) in [5, 5.41) is 12.3. The van der Waals surface area contributed by atoms with Crippen LogP contribution < -0.4 is 5.73 Å². The number of hydrogen-bond donors (Lipinski definition) is 2. The molecule has 0 aliphatic rings. The number of rotatable bonds is 4. The van der Waals surface area contributed by atoms with Crippen molar-refractivity contribution in [3.8, 4) is 0 Å². The molecule has 72 valence electrons. The minimum atomic E-state index is -0.879. The third-order valence-electron chi connectivity index (χ3n) is 1.77. The molecule has 0 fully saturated rings. The zero-order valence-corrected chi connectivity index (χ0v) is 7.36. The van der Waals surface area contributed by atoms with Crippen LogP contribution in [0.2, 0.25) is 0 Å². The number of nitrogens with zero attached hydrogens (tertiary/aromatic N) is 1. The van der Waals surface area contributed by atoms with Gasteiger partial charge in [0.15, 0.2) is 0 Å². The number of carboxylic acid groups (broad SMARTS) is 1. The van der Waals surface area contributed by atoms with Crippen LogP contribution >= 0.6 is 0 Å². The highest BCUT2D eigenvalue weighted by Crippen LogP contribution is 2.17. The second-order valence-corrected chi connectivity index (χ2v) is 2.89. The van der Waals surface area contributed by atoms with Gasteiger partial charge in [0.2, 0.25) is 0 Å². The largest absolute Gasteiger partial charge is 0.481 e. The van der Waals surface area contributed by atoms with E-state index in [1.165, 1.54) is 0 Å². The molecule has 13 heavy (non-hydrogen) atoms. The molecule has 1 atom stereocenters. The van der Waals surface area contributed by atoms with E-state index in [-0.39, 0.29) is 18.9 Å². The SMILES string of the molecule is Cc1cc(C(CN)CC(=O)O)no1. The van der Waals surface area contributed by atoms with Gasteiger partial charge in [-0.05, 0) is 6.92 Å². The number of aryl methyl sites for hydroxylation is 1. The first-order valence-corrected chi connectivity index (χ1v) is 3.98. The predicted octanol–water partition coefficient (Wildman–Crippen LogP) is 0.500. The van der Waals surface area contributed by atoms with Gasteiger partial charge in [-0.15, -0.1) is 0 Å². The highest BCUT2D eigenvalue weighted by Gasteiger charge is 2.17. The summed E-state index contributed by atoms with van der Waals surface area (Å²) in [6.07, 6.45) is -0.0114. The van der Waals surface area contributed by atoms with Crippen molar-refractivity contribution < 1.29 is 14.4 Å². The number of carbonyl (C=O) groups is 1. The second kappa shape index (κ2) is 4.04. The number of hydrogen-bond acceptors (Lipinski definition) is 4. The summed E-state index contributed by atoms with van der Waals surface area (Å²) in [6, 6.07) is 1.71. The Balaban J connectivity index is 2.72. The summed E-state index contributed by atoms with van der Waals surface area (Å²) in [5.74, 6) is -0.468. The van der Waals surface area contributed by atoms with Crippen LogP contribution in [0.5, 0.6) is 0 Å². The van der Waals surface area contributed by atoms with Crippen molar-refractivity contribution in [2.24, 2.45) is 5.73 Å². The van der Waals surface area contributed by atoms with E-state index in [1.807, 2.05) is 0 Å². The quantitative estimate of drug-likeness (QED) is 0.711. The van der Waals surface area contributed by atoms with E-state index in [2.05, 4.69) is 5.16 Å². The van der Waals surface area contributed by atoms with Crippen LogP contribution in [0.1, 0.15) is 23.8 Å². The first-order chi connectivity index (χ1) is 6.13. The van der Waals surface area contributed by atoms with Gasteiger partial charge < -0.3 is 15.4 Å². The standard InChI is InChI=1S/C8H12N2O3/c1-5-2-7(10-13-5)6(4-9)3-8(11)12/h2,6H,3-4,9H2,1H3,(H,11,12). The van der Waals surface area contributed by atoms with Crippen LogP contribution in [0.25, 0.3) is 0 Å². The van der Waals surface area contributed by atoms with Crippen molar-refractivity contribution in [3.05, 3.63) is 17.5 Å². The van der Waals surface area contributed by atoms with E-state index >= 15 is 0 Å². The molecule has 5 heteroatoms. The second-order valence-electron chi connectivity index (χ2n) is 2.89. The Hall–Kier alpha value is -1.36. The summed E-state index contributed by atoms with van der Waals surface area (Å²) in [5.41, 5.74) is 6.03. The number of carboxylic acids is 1. The maximum Gasteiger partial charge on any atom is 0.304 e. The summed E-state index contributed by atoms with van der Waals surface area (Å²) in [4.78, 5) is 10.4. The molecular weight excluding hydrogens is 172 g/mol. The molecule has 0 amide bonds. The van der Waals surface area contributed by atoms with Gasteiger partial charge in [-0.3, -0.25) is 4.79 Å². The van der Waals surface area contributed by atoms with Crippen molar-refractivity contribution in [1.82, 2.24) is 5.16 Å². The lowest BCUT2D eigenvalue weighted by Gasteiger charge is -2.06. The Labute approximate surface area is 75.5 Å². The average Bonchev–Trinajstić information content (AvgIpc) is 2.47. The maximum absolute atomic E-state index is 10.4. The van der Waals surface area contributed by atoms with Crippen molar-refractivity contribution in [2.45, 2.75) is 19.3 Å². The molecule has 1 aromatic rings. The fourth-order valence-corrected chi connectivity index (χ4v) is 1.10. The van der Waals surface area contributed by atoms with Gasteiger partial charge in [0, 0.05) is 18.5 Å². The van der Waals surface area contributed by atoms with E-state index < -0.39 is 5.97 Å². The fraction of sp³-hybridized carbons (Fsp3) is 0.500. The van der Waals surface area contributed by atoms with Crippen LogP contribution in [0.4, 0.5) is 0 Å². The van der Waals surface area contributed by atoms with Crippen molar-refractivity contribution in [3.63, 3.8) is 0 Å². The molecule has 1 heterocycles. The van der Waals surface area contributed by atoms with Crippen molar-refractivity contribution in [2.75, 3.05) is 6.54 Å². The molecule has 0 spiro atoms. The molecule has 0 aliphatic carbocycles. The smallest absolute Gasteiger partial charge is 0.304 e. The molecule has 3 N–H and O–H groups in total. The van der Waals surface area contributed by atoms with Crippen LogP contribution in [0.3, 0.4) is 0 Å². The Kier molecular flexibility index (Phi) is 3.02. The Morgan fingerprint density at radius 1 is 1.85 bits per heavy atom. The highest BCUT2D eigenvalue weighted by atomic mass is 16.5. The van der Waals surface area contributed by atoms with Crippen LogP contribution in [-0.2, 0) is 4.79 Å². The lowest BCUT2D eigenvalue weighted by atomic mass is 10.0. The molecular formula is C8H12N2O3. The summed E-state index contributed by atoms with van der Waals surface area (Å²) in [6.45, 7) is 2.02. The minimum absolute atomic E-state index is 0.0114. The zero-order chi connectivity index (χ0) is 9.84. The Morgan fingerprint density at radius 2 is 2.54 bits per heavy atom. The van der Waals surface area contributed by atoms with E-state index in [1.54, 1.807) is 13.0 Å². The van der Waals surface area contributed by atoms with Crippen molar-refractivity contribution in [1.29, 1.82) is 0 Å². The third kappa shape index (κ3) is 2.55. The molecule has 0 radical (unpaired) electrons. The van der Waals surface area contributed by atoms with Gasteiger partial charge in [0.05, 0.1) is 12.1 Å². The average molecular weight is 184 g/mol. The predicted molar refractivity (Wildman–Crippen MR) is 45.3 cm³/mol. The Morgan fingerprint density at radius 3 is 2.92 bits per heavy atom. The minimum Gasteiger partial charge on any atom is -0.481 e. The normalized spacial score (nSPS) is 12.8. The van der Waals surface area contributed by atoms with Gasteiger partial charge in [0.25, 0.3) is 0 Å². The highest BCUT2D eigenvalue weighted by molar-refractivity contribution is 5.67. The fourth-order valence-electron chi connectivity index (χ4n) is 1.10. The number of aromatic nitrogens is 1. The molecule has 0 saturated carbocycles. The molecule has 0 saturated heterocycles. The van der Waals surface area contributed by atoms with Gasteiger partial charge in [-0.1, -0.05) is 5.16 Å². The van der Waals surface area contributed by atoms with Crippen molar-refractivity contribution >= 4 is 5.97 Å². The lowest BCUT2D eigenvalue weighted by Crippen LogP contribution is -2.16. The molecule has 0 aromatic carbocycles. The maximum atomic E-state index is 10.4. The lowest BCUT2D eigenvalue weighted by molar-refractivity contribution is -0.137. The first kappa shape index (κ1) is 9.73. The molecule has 1 unspecified atom stereocenters. The van der Waals surface area contributed by atoms with Gasteiger partial charge in [-0.2, -0.15) is 0 Å². The van der Waals surface area contributed by atoms with E-state index in [0.717, 1.165) is 0 Å². The molecule has 1 rings (SSSR count). The van der Waals surface area contributed by atoms with Crippen LogP contribution in [0, 0.1) is 6.92 Å². The summed E-state index contributed by atoms with van der Waals surface area (Å²) in [7, 11) is 0. The van der Waals surface area contributed by atoms with Gasteiger partial charge >= 0.3 is 5.97 Å². The zero-order valence-electron chi connectivity index (χ0n) is 7.36. The summed E-state index contributed by atoms with van der Waals surface area (Å²) >= 11 is 0. The molecule has 1 aromatic heterocycles.